The second-order valence-corrected chi connectivity index (χ2v) is 9.20. The second-order valence-electron chi connectivity index (χ2n) is 6.96. The molecule has 1 amide bonds. The third-order valence-electron chi connectivity index (χ3n) is 4.37. The van der Waals surface area contributed by atoms with E-state index in [-0.39, 0.29) is 17.7 Å². The minimum Gasteiger partial charge on any atom is -0.303 e. The number of carbonyl (C=O) groups excluding carboxylic acids is 1. The normalized spacial score (nSPS) is 13.9. The van der Waals surface area contributed by atoms with Crippen molar-refractivity contribution in [3.8, 4) is 11.3 Å². The van der Waals surface area contributed by atoms with Crippen molar-refractivity contribution in [2.45, 2.75) is 43.8 Å². The highest BCUT2D eigenvalue weighted by Crippen LogP contribution is 2.41. The summed E-state index contributed by atoms with van der Waals surface area (Å²) in [6, 6.07) is 7.75. The molecule has 4 rings (SSSR count). The molecule has 6 nitrogen and oxygen atoms in total. The van der Waals surface area contributed by atoms with Crippen LogP contribution in [0.5, 0.6) is 0 Å². The van der Waals surface area contributed by atoms with Gasteiger partial charge in [0.15, 0.2) is 10.3 Å². The Kier molecular flexibility index (Phi) is 5.70. The molecular weight excluding hydrogens is 414 g/mol. The van der Waals surface area contributed by atoms with Crippen LogP contribution in [0.1, 0.15) is 44.5 Å². The summed E-state index contributed by atoms with van der Waals surface area (Å²) in [6.07, 6.45) is 2.35. The van der Waals surface area contributed by atoms with E-state index in [2.05, 4.69) is 38.9 Å². The smallest absolute Gasteiger partial charge is 0.236 e. The van der Waals surface area contributed by atoms with E-state index in [1.54, 1.807) is 0 Å². The van der Waals surface area contributed by atoms with Crippen molar-refractivity contribution >= 4 is 45.7 Å². The standard InChI is InChI=1S/C19H20ClN5OS2/c1-11(2)25-17(13-3-4-13)23-24-19(25)28-10-16(26)22-18-21-15(9-27-18)12-5-7-14(20)8-6-12/h5-9,11,13H,3-4,10H2,1-2H3,(H,21,22,26). The van der Waals surface area contributed by atoms with Gasteiger partial charge in [-0.05, 0) is 38.8 Å². The molecule has 2 heterocycles. The van der Waals surface area contributed by atoms with E-state index >= 15 is 0 Å². The van der Waals surface area contributed by atoms with Crippen molar-refractivity contribution in [2.24, 2.45) is 0 Å². The highest BCUT2D eigenvalue weighted by atomic mass is 35.5. The van der Waals surface area contributed by atoms with Gasteiger partial charge < -0.3 is 9.88 Å². The number of amides is 1. The third kappa shape index (κ3) is 4.39. The quantitative estimate of drug-likeness (QED) is 0.515. The summed E-state index contributed by atoms with van der Waals surface area (Å²) in [5.41, 5.74) is 1.78. The first-order chi connectivity index (χ1) is 13.5. The molecule has 0 unspecified atom stereocenters. The average molecular weight is 434 g/mol. The minimum absolute atomic E-state index is 0.103. The lowest BCUT2D eigenvalue weighted by atomic mass is 10.2. The van der Waals surface area contributed by atoms with Crippen molar-refractivity contribution in [1.29, 1.82) is 0 Å². The molecule has 1 fully saturated rings. The topological polar surface area (TPSA) is 72.7 Å². The van der Waals surface area contributed by atoms with E-state index in [1.807, 2.05) is 29.6 Å². The Hall–Kier alpha value is -1.90. The van der Waals surface area contributed by atoms with E-state index in [1.165, 1.54) is 35.9 Å². The highest BCUT2D eigenvalue weighted by molar-refractivity contribution is 7.99. The van der Waals surface area contributed by atoms with Gasteiger partial charge in [0.05, 0.1) is 11.4 Å². The van der Waals surface area contributed by atoms with Crippen LogP contribution >= 0.6 is 34.7 Å². The maximum atomic E-state index is 12.4. The van der Waals surface area contributed by atoms with Gasteiger partial charge in [0.1, 0.15) is 5.82 Å². The van der Waals surface area contributed by atoms with Crippen molar-refractivity contribution in [3.05, 3.63) is 40.5 Å². The summed E-state index contributed by atoms with van der Waals surface area (Å²) in [5, 5.41) is 15.5. The SMILES string of the molecule is CC(C)n1c(SCC(=O)Nc2nc(-c3ccc(Cl)cc3)cs2)nnc1C1CC1. The van der Waals surface area contributed by atoms with E-state index < -0.39 is 0 Å². The molecule has 0 spiro atoms. The largest absolute Gasteiger partial charge is 0.303 e. The number of nitrogens with one attached hydrogen (secondary N) is 1. The summed E-state index contributed by atoms with van der Waals surface area (Å²) in [6.45, 7) is 4.24. The van der Waals surface area contributed by atoms with Gasteiger partial charge in [0.25, 0.3) is 0 Å². The van der Waals surface area contributed by atoms with Gasteiger partial charge in [-0.15, -0.1) is 21.5 Å². The summed E-state index contributed by atoms with van der Waals surface area (Å²) in [7, 11) is 0. The van der Waals surface area contributed by atoms with E-state index in [4.69, 9.17) is 11.6 Å². The number of hydrogen-bond acceptors (Lipinski definition) is 6. The molecule has 1 saturated carbocycles. The number of carbonyl (C=O) groups is 1. The predicted octanol–water partition coefficient (Wildman–Crippen LogP) is 5.24. The molecule has 9 heteroatoms. The molecule has 3 aromatic rings. The Balaban J connectivity index is 1.37. The van der Waals surface area contributed by atoms with Gasteiger partial charge in [-0.1, -0.05) is 35.5 Å². The Morgan fingerprint density at radius 1 is 1.32 bits per heavy atom. The van der Waals surface area contributed by atoms with Gasteiger partial charge in [0, 0.05) is 27.9 Å². The molecule has 1 aromatic carbocycles. The summed E-state index contributed by atoms with van der Waals surface area (Å²) in [4.78, 5) is 16.9. The van der Waals surface area contributed by atoms with Crippen LogP contribution in [0, 0.1) is 0 Å². The van der Waals surface area contributed by atoms with Crippen LogP contribution in [0.25, 0.3) is 11.3 Å². The molecular formula is C19H20ClN5OS2. The lowest BCUT2D eigenvalue weighted by molar-refractivity contribution is -0.113. The Bertz CT molecular complexity index is 979. The van der Waals surface area contributed by atoms with Gasteiger partial charge >= 0.3 is 0 Å². The Morgan fingerprint density at radius 2 is 2.07 bits per heavy atom. The number of rotatable bonds is 7. The number of thiazole rings is 1. The van der Waals surface area contributed by atoms with Crippen LogP contribution < -0.4 is 5.32 Å². The summed E-state index contributed by atoms with van der Waals surface area (Å²) < 4.78 is 2.15. The zero-order valence-corrected chi connectivity index (χ0v) is 17.9. The summed E-state index contributed by atoms with van der Waals surface area (Å²) in [5.74, 6) is 1.74. The fourth-order valence-corrected chi connectivity index (χ4v) is 4.60. The summed E-state index contributed by atoms with van der Waals surface area (Å²) >= 11 is 8.74. The fraction of sp³-hybridized carbons (Fsp3) is 0.368. The van der Waals surface area contributed by atoms with Crippen LogP contribution in [-0.2, 0) is 4.79 Å². The molecule has 28 heavy (non-hydrogen) atoms. The lowest BCUT2D eigenvalue weighted by Gasteiger charge is -2.13. The molecule has 1 N–H and O–H groups in total. The Labute approximate surface area is 176 Å². The molecule has 2 aromatic heterocycles. The maximum Gasteiger partial charge on any atom is 0.236 e. The van der Waals surface area contributed by atoms with Gasteiger partial charge in [-0.3, -0.25) is 4.79 Å². The number of nitrogens with zero attached hydrogens (tertiary/aromatic N) is 4. The van der Waals surface area contributed by atoms with Crippen molar-refractivity contribution in [2.75, 3.05) is 11.1 Å². The van der Waals surface area contributed by atoms with Crippen molar-refractivity contribution in [1.82, 2.24) is 19.7 Å². The van der Waals surface area contributed by atoms with E-state index in [0.29, 0.717) is 16.1 Å². The molecule has 0 aliphatic heterocycles. The Morgan fingerprint density at radius 3 is 2.75 bits per heavy atom. The predicted molar refractivity (Wildman–Crippen MR) is 114 cm³/mol. The van der Waals surface area contributed by atoms with Gasteiger partial charge in [0.2, 0.25) is 5.91 Å². The number of benzene rings is 1. The van der Waals surface area contributed by atoms with Crippen LogP contribution in [-0.4, -0.2) is 31.4 Å². The number of hydrogen-bond donors (Lipinski definition) is 1. The molecule has 0 atom stereocenters. The molecule has 146 valence electrons. The fourth-order valence-electron chi connectivity index (χ4n) is 2.86. The minimum atomic E-state index is -0.103. The van der Waals surface area contributed by atoms with Crippen molar-refractivity contribution < 1.29 is 4.79 Å². The zero-order chi connectivity index (χ0) is 19.7. The highest BCUT2D eigenvalue weighted by Gasteiger charge is 2.31. The second kappa shape index (κ2) is 8.23. The molecule has 1 aliphatic carbocycles. The van der Waals surface area contributed by atoms with Crippen LogP contribution in [0.4, 0.5) is 5.13 Å². The van der Waals surface area contributed by atoms with E-state index in [9.17, 15) is 4.79 Å². The van der Waals surface area contributed by atoms with Crippen LogP contribution in [0.2, 0.25) is 5.02 Å². The van der Waals surface area contributed by atoms with Gasteiger partial charge in [-0.25, -0.2) is 4.98 Å². The van der Waals surface area contributed by atoms with Crippen LogP contribution in [0.3, 0.4) is 0 Å². The maximum absolute atomic E-state index is 12.4. The van der Waals surface area contributed by atoms with E-state index in [0.717, 1.165) is 22.2 Å². The number of thioether (sulfide) groups is 1. The monoisotopic (exact) mass is 433 g/mol. The van der Waals surface area contributed by atoms with Crippen molar-refractivity contribution in [3.63, 3.8) is 0 Å². The first-order valence-electron chi connectivity index (χ1n) is 9.10. The number of anilines is 1. The average Bonchev–Trinajstić information content (AvgIpc) is 3.25. The molecule has 1 aliphatic rings. The molecule has 0 saturated heterocycles. The molecule has 0 radical (unpaired) electrons. The third-order valence-corrected chi connectivity index (χ3v) is 6.33. The van der Waals surface area contributed by atoms with Gasteiger partial charge in [-0.2, -0.15) is 0 Å². The van der Waals surface area contributed by atoms with Crippen LogP contribution in [0.15, 0.2) is 34.8 Å². The first kappa shape index (κ1) is 19.4. The first-order valence-corrected chi connectivity index (χ1v) is 11.3. The lowest BCUT2D eigenvalue weighted by Crippen LogP contribution is -2.15. The zero-order valence-electron chi connectivity index (χ0n) is 15.6. The number of halogens is 1. The molecule has 0 bridgehead atoms. The number of aromatic nitrogens is 4.